The largest absolute Gasteiger partial charge is 0.507 e. The lowest BCUT2D eigenvalue weighted by molar-refractivity contribution is -0.132. The van der Waals surface area contributed by atoms with Crippen LogP contribution in [0.5, 0.6) is 17.2 Å². The van der Waals surface area contributed by atoms with E-state index in [1.165, 1.54) is 16.2 Å². The Balaban J connectivity index is 1.60. The van der Waals surface area contributed by atoms with Crippen molar-refractivity contribution >= 4 is 33.9 Å². The molecule has 1 N–H and O–H groups in total. The summed E-state index contributed by atoms with van der Waals surface area (Å²) in [6.45, 7) is 5.62. The van der Waals surface area contributed by atoms with Crippen molar-refractivity contribution in [1.29, 1.82) is 0 Å². The topological polar surface area (TPSA) is 98.2 Å². The second-order valence-corrected chi connectivity index (χ2v) is 9.82. The van der Waals surface area contributed by atoms with E-state index in [2.05, 4.69) is 18.8 Å². The molecule has 36 heavy (non-hydrogen) atoms. The van der Waals surface area contributed by atoms with E-state index in [1.807, 2.05) is 18.2 Å². The number of carbonyl (C=O) groups excluding carboxylic acids is 2. The molecule has 9 heteroatoms. The van der Waals surface area contributed by atoms with E-state index in [1.54, 1.807) is 35.8 Å². The molecule has 0 unspecified atom stereocenters. The van der Waals surface area contributed by atoms with E-state index in [-0.39, 0.29) is 11.3 Å². The van der Waals surface area contributed by atoms with Crippen molar-refractivity contribution < 1.29 is 28.9 Å². The summed E-state index contributed by atoms with van der Waals surface area (Å²) in [6.07, 6.45) is 2.47. The fourth-order valence-corrected chi connectivity index (χ4v) is 4.88. The Labute approximate surface area is 212 Å². The number of hydrogen-bond acceptors (Lipinski definition) is 8. The van der Waals surface area contributed by atoms with Crippen molar-refractivity contribution in [2.24, 2.45) is 5.92 Å². The standard InChI is InChI=1S/C27H26N2O6S/c1-16(2)8-10-33-19-5-3-4-17(14-19)23-22(25(31)26(32)29(23)27-28-9-13-36-27)24(30)18-6-7-20-21(15-18)35-12-11-34-20/h3-7,9,13-16,23,30H,8,10-12H2,1-2H3/b24-22+/t23-/m1/s1. The molecule has 0 radical (unpaired) electrons. The second-order valence-electron chi connectivity index (χ2n) is 8.95. The van der Waals surface area contributed by atoms with Gasteiger partial charge in [0.15, 0.2) is 16.6 Å². The molecule has 2 aliphatic rings. The third-order valence-electron chi connectivity index (χ3n) is 6.02. The molecule has 1 aromatic heterocycles. The minimum atomic E-state index is -0.877. The monoisotopic (exact) mass is 506 g/mol. The van der Waals surface area contributed by atoms with Gasteiger partial charge >= 0.3 is 5.91 Å². The van der Waals surface area contributed by atoms with Crippen molar-refractivity contribution in [3.05, 3.63) is 70.7 Å². The predicted octanol–water partition coefficient (Wildman–Crippen LogP) is 4.97. The van der Waals surface area contributed by atoms with Crippen LogP contribution >= 0.6 is 11.3 Å². The van der Waals surface area contributed by atoms with Gasteiger partial charge in [-0.15, -0.1) is 11.3 Å². The Bertz CT molecular complexity index is 1320. The Morgan fingerprint density at radius 3 is 2.72 bits per heavy atom. The maximum absolute atomic E-state index is 13.3. The highest BCUT2D eigenvalue weighted by atomic mass is 32.1. The number of aromatic nitrogens is 1. The highest BCUT2D eigenvalue weighted by molar-refractivity contribution is 7.14. The highest BCUT2D eigenvalue weighted by Crippen LogP contribution is 2.44. The van der Waals surface area contributed by atoms with Crippen LogP contribution in [0.1, 0.15) is 37.4 Å². The molecule has 3 aromatic rings. The van der Waals surface area contributed by atoms with Gasteiger partial charge in [-0.2, -0.15) is 0 Å². The van der Waals surface area contributed by atoms with Gasteiger partial charge in [-0.1, -0.05) is 26.0 Å². The maximum Gasteiger partial charge on any atom is 0.301 e. The van der Waals surface area contributed by atoms with Crippen LogP contribution in [0.25, 0.3) is 5.76 Å². The number of aliphatic hydroxyl groups is 1. The fraction of sp³-hybridized carbons (Fsp3) is 0.296. The molecule has 0 saturated carbocycles. The van der Waals surface area contributed by atoms with Crippen molar-refractivity contribution in [2.45, 2.75) is 26.3 Å². The van der Waals surface area contributed by atoms with Crippen LogP contribution in [0.4, 0.5) is 5.13 Å². The molecule has 186 valence electrons. The van der Waals surface area contributed by atoms with Crippen LogP contribution in [0.2, 0.25) is 0 Å². The maximum atomic E-state index is 13.3. The van der Waals surface area contributed by atoms with Crippen LogP contribution in [0, 0.1) is 5.92 Å². The number of Topliss-reactive ketones (excluding diaryl/α,β-unsaturated/α-hetero) is 1. The molecule has 1 fully saturated rings. The number of rotatable bonds is 7. The van der Waals surface area contributed by atoms with Crippen molar-refractivity contribution in [1.82, 2.24) is 4.98 Å². The third kappa shape index (κ3) is 4.54. The number of anilines is 1. The Morgan fingerprint density at radius 2 is 1.97 bits per heavy atom. The number of amides is 1. The van der Waals surface area contributed by atoms with Crippen LogP contribution in [-0.4, -0.2) is 41.6 Å². The zero-order chi connectivity index (χ0) is 25.2. The zero-order valence-corrected chi connectivity index (χ0v) is 20.8. The summed E-state index contributed by atoms with van der Waals surface area (Å²) >= 11 is 1.24. The number of aliphatic hydroxyl groups excluding tert-OH is 1. The Kier molecular flexibility index (Phi) is 6.65. The first-order chi connectivity index (χ1) is 17.4. The van der Waals surface area contributed by atoms with Crippen molar-refractivity contribution in [2.75, 3.05) is 24.7 Å². The van der Waals surface area contributed by atoms with E-state index in [4.69, 9.17) is 14.2 Å². The van der Waals surface area contributed by atoms with E-state index in [0.717, 1.165) is 6.42 Å². The van der Waals surface area contributed by atoms with Gasteiger partial charge in [0.25, 0.3) is 5.78 Å². The van der Waals surface area contributed by atoms with Gasteiger partial charge in [-0.25, -0.2) is 4.98 Å². The predicted molar refractivity (Wildman–Crippen MR) is 136 cm³/mol. The summed E-state index contributed by atoms with van der Waals surface area (Å²) < 4.78 is 17.1. The third-order valence-corrected chi connectivity index (χ3v) is 6.79. The van der Waals surface area contributed by atoms with E-state index < -0.39 is 17.7 Å². The average Bonchev–Trinajstić information content (AvgIpc) is 3.50. The van der Waals surface area contributed by atoms with Gasteiger partial charge < -0.3 is 19.3 Å². The van der Waals surface area contributed by atoms with Crippen LogP contribution < -0.4 is 19.1 Å². The zero-order valence-electron chi connectivity index (χ0n) is 20.0. The minimum absolute atomic E-state index is 0.0220. The summed E-state index contributed by atoms with van der Waals surface area (Å²) in [6, 6.07) is 11.3. The molecule has 2 aliphatic heterocycles. The first-order valence-electron chi connectivity index (χ1n) is 11.8. The number of ketones is 1. The number of nitrogens with zero attached hydrogens (tertiary/aromatic N) is 2. The first-order valence-corrected chi connectivity index (χ1v) is 12.6. The second kappa shape index (κ2) is 10.0. The normalized spacial score (nSPS) is 18.6. The summed E-state index contributed by atoms with van der Waals surface area (Å²) in [5.74, 6) is 0.322. The van der Waals surface area contributed by atoms with E-state index in [0.29, 0.717) is 59.2 Å². The average molecular weight is 507 g/mol. The van der Waals surface area contributed by atoms with Gasteiger partial charge in [0, 0.05) is 17.1 Å². The lowest BCUT2D eigenvalue weighted by atomic mass is 9.95. The number of benzene rings is 2. The molecule has 1 saturated heterocycles. The molecule has 1 atom stereocenters. The number of carbonyl (C=O) groups is 2. The van der Waals surface area contributed by atoms with Crippen LogP contribution in [0.15, 0.2) is 59.6 Å². The van der Waals surface area contributed by atoms with Gasteiger partial charge in [0.2, 0.25) is 0 Å². The van der Waals surface area contributed by atoms with E-state index in [9.17, 15) is 14.7 Å². The molecular formula is C27H26N2O6S. The fourth-order valence-electron chi connectivity index (χ4n) is 4.21. The highest BCUT2D eigenvalue weighted by Gasteiger charge is 2.48. The number of ether oxygens (including phenoxy) is 3. The molecule has 5 rings (SSSR count). The quantitative estimate of drug-likeness (QED) is 0.275. The molecule has 0 spiro atoms. The molecule has 3 heterocycles. The molecule has 8 nitrogen and oxygen atoms in total. The molecular weight excluding hydrogens is 480 g/mol. The van der Waals surface area contributed by atoms with Gasteiger partial charge in [0.05, 0.1) is 18.2 Å². The Morgan fingerprint density at radius 1 is 1.17 bits per heavy atom. The minimum Gasteiger partial charge on any atom is -0.507 e. The number of fused-ring (bicyclic) bond motifs is 1. The SMILES string of the molecule is CC(C)CCOc1cccc([C@@H]2/C(=C(\O)c3ccc4c(c3)OCCO4)C(=O)C(=O)N2c2nccs2)c1. The van der Waals surface area contributed by atoms with Gasteiger partial charge in [0.1, 0.15) is 24.7 Å². The lowest BCUT2D eigenvalue weighted by Gasteiger charge is -2.24. The summed E-state index contributed by atoms with van der Waals surface area (Å²) in [5.41, 5.74) is 0.961. The van der Waals surface area contributed by atoms with Gasteiger partial charge in [-0.05, 0) is 48.2 Å². The van der Waals surface area contributed by atoms with Crippen LogP contribution in [-0.2, 0) is 9.59 Å². The summed E-state index contributed by atoms with van der Waals surface area (Å²) in [5, 5.41) is 13.5. The smallest absolute Gasteiger partial charge is 0.301 e. The van der Waals surface area contributed by atoms with Crippen molar-refractivity contribution in [3.8, 4) is 17.2 Å². The van der Waals surface area contributed by atoms with Crippen molar-refractivity contribution in [3.63, 3.8) is 0 Å². The van der Waals surface area contributed by atoms with E-state index >= 15 is 0 Å². The van der Waals surface area contributed by atoms with Crippen LogP contribution in [0.3, 0.4) is 0 Å². The first kappa shape index (κ1) is 23.9. The molecule has 0 aliphatic carbocycles. The lowest BCUT2D eigenvalue weighted by Crippen LogP contribution is -2.29. The summed E-state index contributed by atoms with van der Waals surface area (Å²) in [7, 11) is 0. The van der Waals surface area contributed by atoms with Gasteiger partial charge in [-0.3, -0.25) is 14.5 Å². The summed E-state index contributed by atoms with van der Waals surface area (Å²) in [4.78, 5) is 32.1. The number of hydrogen-bond donors (Lipinski definition) is 1. The Hall–Kier alpha value is -3.85. The molecule has 2 aromatic carbocycles. The molecule has 0 bridgehead atoms. The molecule has 1 amide bonds. The number of thiazole rings is 1.